The molecule has 0 spiro atoms. The molecule has 0 unspecified atom stereocenters. The number of nitrogens with zero attached hydrogens (tertiary/aromatic N) is 2. The highest BCUT2D eigenvalue weighted by Crippen LogP contribution is 2.24. The quantitative estimate of drug-likeness (QED) is 0.724. The van der Waals surface area contributed by atoms with Gasteiger partial charge in [0, 0.05) is 31.5 Å². The Morgan fingerprint density at radius 2 is 1.80 bits per heavy atom. The largest absolute Gasteiger partial charge is 0.573 e. The standard InChI is InChI=1S/C20H21F3N4O3/c21-20(22,23)30-17-5-3-15(4-6-17)26-19(29)18(28)25-12-14-7-10-27(11-8-14)16-2-1-9-24-13-16/h1-6,9,13-14H,7-8,10-12H2,(H,25,28)(H,26,29). The summed E-state index contributed by atoms with van der Waals surface area (Å²) in [5.41, 5.74) is 1.25. The van der Waals surface area contributed by atoms with Gasteiger partial charge in [0.25, 0.3) is 0 Å². The van der Waals surface area contributed by atoms with Crippen LogP contribution in [0.15, 0.2) is 48.8 Å². The highest BCUT2D eigenvalue weighted by atomic mass is 19.4. The molecule has 0 radical (unpaired) electrons. The third-order valence-corrected chi connectivity index (χ3v) is 4.73. The van der Waals surface area contributed by atoms with Crippen LogP contribution in [0.25, 0.3) is 0 Å². The average molecular weight is 422 g/mol. The van der Waals surface area contributed by atoms with Gasteiger partial charge in [-0.05, 0) is 55.2 Å². The van der Waals surface area contributed by atoms with Crippen molar-refractivity contribution in [3.8, 4) is 5.75 Å². The minimum atomic E-state index is -4.79. The first-order valence-electron chi connectivity index (χ1n) is 9.40. The maximum Gasteiger partial charge on any atom is 0.573 e. The second-order valence-corrected chi connectivity index (χ2v) is 6.88. The Morgan fingerprint density at radius 1 is 1.10 bits per heavy atom. The van der Waals surface area contributed by atoms with E-state index in [-0.39, 0.29) is 11.6 Å². The van der Waals surface area contributed by atoms with Gasteiger partial charge in [-0.25, -0.2) is 0 Å². The molecule has 2 aromatic rings. The fourth-order valence-electron chi connectivity index (χ4n) is 3.18. The minimum Gasteiger partial charge on any atom is -0.406 e. The average Bonchev–Trinajstić information content (AvgIpc) is 2.73. The van der Waals surface area contributed by atoms with Gasteiger partial charge in [0.2, 0.25) is 0 Å². The molecule has 0 saturated carbocycles. The van der Waals surface area contributed by atoms with Crippen LogP contribution in [0.3, 0.4) is 0 Å². The summed E-state index contributed by atoms with van der Waals surface area (Å²) < 4.78 is 40.2. The van der Waals surface area contributed by atoms with Gasteiger partial charge < -0.3 is 20.3 Å². The van der Waals surface area contributed by atoms with Crippen molar-refractivity contribution in [3.63, 3.8) is 0 Å². The Labute approximate surface area is 171 Å². The first-order valence-corrected chi connectivity index (χ1v) is 9.40. The summed E-state index contributed by atoms with van der Waals surface area (Å²) in [5, 5.41) is 4.96. The molecule has 0 aliphatic carbocycles. The SMILES string of the molecule is O=C(NCC1CCN(c2cccnc2)CC1)C(=O)Nc1ccc(OC(F)(F)F)cc1. The van der Waals surface area contributed by atoms with Crippen molar-refractivity contribution in [1.82, 2.24) is 10.3 Å². The van der Waals surface area contributed by atoms with Crippen molar-refractivity contribution >= 4 is 23.2 Å². The molecule has 7 nitrogen and oxygen atoms in total. The third kappa shape index (κ3) is 6.36. The molecule has 2 N–H and O–H groups in total. The van der Waals surface area contributed by atoms with Crippen LogP contribution in [0.5, 0.6) is 5.75 Å². The molecule has 1 aromatic heterocycles. The summed E-state index contributed by atoms with van der Waals surface area (Å²) in [7, 11) is 0. The molecule has 3 rings (SSSR count). The van der Waals surface area contributed by atoms with Crippen molar-refractivity contribution in [2.45, 2.75) is 19.2 Å². The van der Waals surface area contributed by atoms with Gasteiger partial charge in [-0.2, -0.15) is 0 Å². The van der Waals surface area contributed by atoms with Crippen LogP contribution in [0.2, 0.25) is 0 Å². The highest BCUT2D eigenvalue weighted by molar-refractivity contribution is 6.39. The Morgan fingerprint density at radius 3 is 2.40 bits per heavy atom. The van der Waals surface area contributed by atoms with E-state index in [9.17, 15) is 22.8 Å². The molecule has 1 aliphatic rings. The molecule has 10 heteroatoms. The smallest absolute Gasteiger partial charge is 0.406 e. The zero-order valence-electron chi connectivity index (χ0n) is 16.0. The fourth-order valence-corrected chi connectivity index (χ4v) is 3.18. The number of hydrogen-bond donors (Lipinski definition) is 2. The lowest BCUT2D eigenvalue weighted by atomic mass is 9.96. The maximum absolute atomic E-state index is 12.2. The fraction of sp³-hybridized carbons (Fsp3) is 0.350. The first-order chi connectivity index (χ1) is 14.3. The highest BCUT2D eigenvalue weighted by Gasteiger charge is 2.31. The molecular formula is C20H21F3N4O3. The Balaban J connectivity index is 1.40. The molecule has 0 atom stereocenters. The lowest BCUT2D eigenvalue weighted by molar-refractivity contribution is -0.274. The number of aromatic nitrogens is 1. The van der Waals surface area contributed by atoms with Crippen molar-refractivity contribution in [2.75, 3.05) is 29.9 Å². The van der Waals surface area contributed by atoms with E-state index in [0.29, 0.717) is 6.54 Å². The number of carbonyl (C=O) groups is 2. The number of rotatable bonds is 5. The van der Waals surface area contributed by atoms with Crippen LogP contribution in [0.4, 0.5) is 24.5 Å². The van der Waals surface area contributed by atoms with Crippen molar-refractivity contribution in [2.24, 2.45) is 5.92 Å². The van der Waals surface area contributed by atoms with Crippen LogP contribution < -0.4 is 20.3 Å². The Hall–Kier alpha value is -3.30. The summed E-state index contributed by atoms with van der Waals surface area (Å²) in [6.45, 7) is 2.06. The second-order valence-electron chi connectivity index (χ2n) is 6.88. The zero-order chi connectivity index (χ0) is 21.6. The number of pyridine rings is 1. The molecule has 160 valence electrons. The Kier molecular flexibility index (Phi) is 6.76. The van der Waals surface area contributed by atoms with Crippen LogP contribution in [-0.2, 0) is 9.59 Å². The molecule has 0 bridgehead atoms. The van der Waals surface area contributed by atoms with Crippen molar-refractivity contribution in [1.29, 1.82) is 0 Å². The summed E-state index contributed by atoms with van der Waals surface area (Å²) in [6, 6.07) is 8.44. The topological polar surface area (TPSA) is 83.6 Å². The van der Waals surface area contributed by atoms with E-state index < -0.39 is 23.9 Å². The molecule has 30 heavy (non-hydrogen) atoms. The number of anilines is 2. The van der Waals surface area contributed by atoms with Gasteiger partial charge >= 0.3 is 18.2 Å². The number of piperidine rings is 1. The second kappa shape index (κ2) is 9.47. The van der Waals surface area contributed by atoms with Crippen molar-refractivity contribution in [3.05, 3.63) is 48.8 Å². The molecule has 2 amide bonds. The maximum atomic E-state index is 12.2. The summed E-state index contributed by atoms with van der Waals surface area (Å²) in [6.07, 6.45) is 0.490. The van der Waals surface area contributed by atoms with E-state index in [1.54, 1.807) is 6.20 Å². The van der Waals surface area contributed by atoms with E-state index >= 15 is 0 Å². The van der Waals surface area contributed by atoms with Crippen LogP contribution in [0.1, 0.15) is 12.8 Å². The number of carbonyl (C=O) groups excluding carboxylic acids is 2. The molecule has 1 aromatic carbocycles. The lowest BCUT2D eigenvalue weighted by Crippen LogP contribution is -2.41. The summed E-state index contributed by atoms with van der Waals surface area (Å²) >= 11 is 0. The van der Waals surface area contributed by atoms with Crippen molar-refractivity contribution < 1.29 is 27.5 Å². The van der Waals surface area contributed by atoms with Gasteiger partial charge in [0.05, 0.1) is 11.9 Å². The number of nitrogens with one attached hydrogen (secondary N) is 2. The predicted molar refractivity (Wildman–Crippen MR) is 104 cm³/mol. The molecule has 2 heterocycles. The lowest BCUT2D eigenvalue weighted by Gasteiger charge is -2.33. The predicted octanol–water partition coefficient (Wildman–Crippen LogP) is 2.95. The first kappa shape index (κ1) is 21.4. The van der Waals surface area contributed by atoms with Gasteiger partial charge in [0.15, 0.2) is 0 Å². The van der Waals surface area contributed by atoms with E-state index in [2.05, 4.69) is 25.3 Å². The van der Waals surface area contributed by atoms with Gasteiger partial charge in [-0.15, -0.1) is 13.2 Å². The monoisotopic (exact) mass is 422 g/mol. The van der Waals surface area contributed by atoms with Gasteiger partial charge in [0.1, 0.15) is 5.75 Å². The van der Waals surface area contributed by atoms with Crippen LogP contribution >= 0.6 is 0 Å². The molecular weight excluding hydrogens is 401 g/mol. The van der Waals surface area contributed by atoms with E-state index in [1.807, 2.05) is 18.3 Å². The number of ether oxygens (including phenoxy) is 1. The Bertz CT molecular complexity index is 852. The number of hydrogen-bond acceptors (Lipinski definition) is 5. The number of halogens is 3. The van der Waals surface area contributed by atoms with Crippen LogP contribution in [0, 0.1) is 5.92 Å². The molecule has 1 fully saturated rings. The van der Waals surface area contributed by atoms with E-state index in [1.165, 1.54) is 12.1 Å². The number of amides is 2. The summed E-state index contributed by atoms with van der Waals surface area (Å²) in [5.74, 6) is -1.83. The number of alkyl halides is 3. The van der Waals surface area contributed by atoms with E-state index in [0.717, 1.165) is 43.8 Å². The minimum absolute atomic E-state index is 0.189. The summed E-state index contributed by atoms with van der Waals surface area (Å²) in [4.78, 5) is 30.3. The van der Waals surface area contributed by atoms with Gasteiger partial charge in [-0.3, -0.25) is 14.6 Å². The van der Waals surface area contributed by atoms with Crippen LogP contribution in [-0.4, -0.2) is 42.8 Å². The zero-order valence-corrected chi connectivity index (χ0v) is 16.0. The van der Waals surface area contributed by atoms with E-state index in [4.69, 9.17) is 0 Å². The molecule has 1 aliphatic heterocycles. The number of benzene rings is 1. The third-order valence-electron chi connectivity index (χ3n) is 4.73. The normalized spacial score (nSPS) is 14.8. The van der Waals surface area contributed by atoms with Gasteiger partial charge in [-0.1, -0.05) is 0 Å². The molecule has 1 saturated heterocycles.